The number of nitrogens with one attached hydrogen (secondary N) is 1. The number of carboxylic acid groups (broad SMARTS) is 1. The number of hydrogen-bond donors (Lipinski definition) is 2. The quantitative estimate of drug-likeness (QED) is 0.609. The largest absolute Gasteiger partial charge is 0.481 e. The molecule has 34 heavy (non-hydrogen) atoms. The maximum absolute atomic E-state index is 12.4. The number of fused-ring (bicyclic) bond motifs is 3. The molecule has 1 fully saturated rings. The molecule has 0 aromatic heterocycles. The molecule has 1 aliphatic carbocycles. The Hall–Kier alpha value is -3.35. The van der Waals surface area contributed by atoms with Crippen LogP contribution in [0.25, 0.3) is 11.1 Å². The molecular formula is C27H32N2O5. The van der Waals surface area contributed by atoms with E-state index in [-0.39, 0.29) is 36.9 Å². The fourth-order valence-electron chi connectivity index (χ4n) is 5.12. The average Bonchev–Trinajstić information content (AvgIpc) is 3.36. The van der Waals surface area contributed by atoms with Crippen molar-refractivity contribution in [1.29, 1.82) is 0 Å². The molecule has 0 spiro atoms. The van der Waals surface area contributed by atoms with Crippen LogP contribution in [0.5, 0.6) is 0 Å². The summed E-state index contributed by atoms with van der Waals surface area (Å²) >= 11 is 0. The van der Waals surface area contributed by atoms with Crippen molar-refractivity contribution in [2.24, 2.45) is 11.8 Å². The van der Waals surface area contributed by atoms with Crippen molar-refractivity contribution in [3.63, 3.8) is 0 Å². The number of rotatable bonds is 8. The molecule has 2 amide bonds. The Balaban J connectivity index is 1.21. The van der Waals surface area contributed by atoms with E-state index in [0.29, 0.717) is 25.8 Å². The fourth-order valence-corrected chi connectivity index (χ4v) is 5.12. The van der Waals surface area contributed by atoms with Crippen molar-refractivity contribution >= 4 is 18.0 Å². The van der Waals surface area contributed by atoms with Gasteiger partial charge in [0.25, 0.3) is 0 Å². The number of alkyl carbamates (subject to hydrolysis) is 1. The van der Waals surface area contributed by atoms with Crippen LogP contribution in [0, 0.1) is 11.8 Å². The lowest BCUT2D eigenvalue weighted by Gasteiger charge is -2.18. The molecule has 2 aliphatic rings. The Morgan fingerprint density at radius 3 is 2.26 bits per heavy atom. The van der Waals surface area contributed by atoms with Gasteiger partial charge in [0.1, 0.15) is 6.61 Å². The predicted octanol–water partition coefficient (Wildman–Crippen LogP) is 4.26. The van der Waals surface area contributed by atoms with Crippen LogP contribution in [-0.4, -0.2) is 53.7 Å². The van der Waals surface area contributed by atoms with Crippen LogP contribution in [0.3, 0.4) is 0 Å². The minimum absolute atomic E-state index is 0.0172. The summed E-state index contributed by atoms with van der Waals surface area (Å²) in [6, 6.07) is 16.3. The van der Waals surface area contributed by atoms with Gasteiger partial charge >= 0.3 is 12.1 Å². The van der Waals surface area contributed by atoms with Gasteiger partial charge in [-0.3, -0.25) is 9.59 Å². The molecule has 3 atom stereocenters. The molecule has 3 unspecified atom stereocenters. The monoisotopic (exact) mass is 464 g/mol. The minimum atomic E-state index is -0.844. The molecule has 0 bridgehead atoms. The van der Waals surface area contributed by atoms with E-state index < -0.39 is 18.0 Å². The lowest BCUT2D eigenvalue weighted by Crippen LogP contribution is -2.34. The van der Waals surface area contributed by atoms with E-state index in [9.17, 15) is 19.5 Å². The van der Waals surface area contributed by atoms with Crippen molar-refractivity contribution in [3.8, 4) is 11.1 Å². The van der Waals surface area contributed by atoms with Gasteiger partial charge < -0.3 is 20.1 Å². The third-order valence-electron chi connectivity index (χ3n) is 7.02. The fraction of sp³-hybridized carbons (Fsp3) is 0.444. The van der Waals surface area contributed by atoms with E-state index in [1.54, 1.807) is 4.90 Å². The number of carboxylic acids is 1. The van der Waals surface area contributed by atoms with Crippen LogP contribution in [0.15, 0.2) is 48.5 Å². The summed E-state index contributed by atoms with van der Waals surface area (Å²) in [5.41, 5.74) is 4.72. The third kappa shape index (κ3) is 5.08. The highest BCUT2D eigenvalue weighted by molar-refractivity contribution is 5.80. The number of amides is 2. The van der Waals surface area contributed by atoms with Crippen molar-refractivity contribution in [2.45, 2.75) is 45.1 Å². The van der Waals surface area contributed by atoms with Crippen LogP contribution in [0.1, 0.15) is 50.2 Å². The van der Waals surface area contributed by atoms with E-state index >= 15 is 0 Å². The summed E-state index contributed by atoms with van der Waals surface area (Å²) < 4.78 is 5.58. The van der Waals surface area contributed by atoms with E-state index in [1.807, 2.05) is 38.1 Å². The van der Waals surface area contributed by atoms with Crippen LogP contribution >= 0.6 is 0 Å². The van der Waals surface area contributed by atoms with Gasteiger partial charge in [0.05, 0.1) is 5.92 Å². The van der Waals surface area contributed by atoms with Crippen molar-refractivity contribution in [1.82, 2.24) is 10.2 Å². The highest BCUT2D eigenvalue weighted by Gasteiger charge is 2.36. The number of likely N-dealkylation sites (tertiary alicyclic amines) is 1. The van der Waals surface area contributed by atoms with Gasteiger partial charge in [-0.25, -0.2) is 4.79 Å². The van der Waals surface area contributed by atoms with Gasteiger partial charge in [0.2, 0.25) is 5.91 Å². The van der Waals surface area contributed by atoms with Crippen molar-refractivity contribution < 1.29 is 24.2 Å². The summed E-state index contributed by atoms with van der Waals surface area (Å²) in [5, 5.41) is 12.1. The van der Waals surface area contributed by atoms with Crippen molar-refractivity contribution in [2.75, 3.05) is 19.7 Å². The van der Waals surface area contributed by atoms with Crippen LogP contribution in [-0.2, 0) is 14.3 Å². The second-order valence-electron chi connectivity index (χ2n) is 9.48. The molecule has 0 radical (unpaired) electrons. The molecule has 1 heterocycles. The molecule has 1 aliphatic heterocycles. The first-order chi connectivity index (χ1) is 16.3. The Kier molecular flexibility index (Phi) is 7.20. The Morgan fingerprint density at radius 1 is 1.06 bits per heavy atom. The molecular weight excluding hydrogens is 432 g/mol. The number of aliphatic carboxylic acids is 1. The van der Waals surface area contributed by atoms with E-state index in [1.165, 1.54) is 22.3 Å². The lowest BCUT2D eigenvalue weighted by molar-refractivity contribution is -0.142. The summed E-state index contributed by atoms with van der Waals surface area (Å²) in [4.78, 5) is 37.7. The molecule has 0 saturated carbocycles. The molecule has 2 aromatic rings. The van der Waals surface area contributed by atoms with Gasteiger partial charge in [-0.2, -0.15) is 0 Å². The van der Waals surface area contributed by atoms with Gasteiger partial charge in [0, 0.05) is 31.5 Å². The molecule has 2 N–H and O–H groups in total. The standard InChI is InChI=1S/C27H32N2O5/c1-17-14-29(15-23(17)26(31)32)25(30)13-7-8-18(2)28-27(33)34-16-24-21-11-5-3-9-19(21)20-10-4-6-12-22(20)24/h3-6,9-12,17-18,23-24H,7-8,13-16H2,1-2H3,(H,28,33)(H,31,32). The van der Waals surface area contributed by atoms with E-state index in [4.69, 9.17) is 4.74 Å². The maximum atomic E-state index is 12.4. The average molecular weight is 465 g/mol. The number of carbonyl (C=O) groups is 3. The zero-order valence-corrected chi connectivity index (χ0v) is 19.7. The van der Waals surface area contributed by atoms with Crippen molar-refractivity contribution in [3.05, 3.63) is 59.7 Å². The zero-order chi connectivity index (χ0) is 24.2. The number of ether oxygens (including phenoxy) is 1. The smallest absolute Gasteiger partial charge is 0.407 e. The number of carbonyl (C=O) groups excluding carboxylic acids is 2. The van der Waals surface area contributed by atoms with E-state index in [0.717, 1.165) is 0 Å². The summed E-state index contributed by atoms with van der Waals surface area (Å²) in [5.74, 6) is -1.37. The van der Waals surface area contributed by atoms with Crippen LogP contribution in [0.2, 0.25) is 0 Å². The topological polar surface area (TPSA) is 95.9 Å². The Bertz CT molecular complexity index is 1020. The maximum Gasteiger partial charge on any atom is 0.407 e. The molecule has 1 saturated heterocycles. The molecule has 7 nitrogen and oxygen atoms in total. The molecule has 4 rings (SSSR count). The van der Waals surface area contributed by atoms with Gasteiger partial charge in [-0.05, 0) is 47.9 Å². The first kappa shape index (κ1) is 23.8. The number of nitrogens with zero attached hydrogens (tertiary/aromatic N) is 1. The predicted molar refractivity (Wildman–Crippen MR) is 128 cm³/mol. The van der Waals surface area contributed by atoms with Gasteiger partial charge in [-0.1, -0.05) is 55.5 Å². The van der Waals surface area contributed by atoms with E-state index in [2.05, 4.69) is 29.6 Å². The third-order valence-corrected chi connectivity index (χ3v) is 7.02. The number of hydrogen-bond acceptors (Lipinski definition) is 4. The Morgan fingerprint density at radius 2 is 1.68 bits per heavy atom. The second-order valence-corrected chi connectivity index (χ2v) is 9.48. The first-order valence-corrected chi connectivity index (χ1v) is 12.0. The molecule has 7 heteroatoms. The normalized spacial score (nSPS) is 19.9. The summed E-state index contributed by atoms with van der Waals surface area (Å²) in [6.45, 7) is 4.80. The molecule has 2 aromatic carbocycles. The highest BCUT2D eigenvalue weighted by atomic mass is 16.5. The minimum Gasteiger partial charge on any atom is -0.481 e. The van der Waals surface area contributed by atoms with Gasteiger partial charge in [-0.15, -0.1) is 0 Å². The Labute approximate surface area is 200 Å². The zero-order valence-electron chi connectivity index (χ0n) is 19.7. The number of benzene rings is 2. The first-order valence-electron chi connectivity index (χ1n) is 12.0. The highest BCUT2D eigenvalue weighted by Crippen LogP contribution is 2.44. The molecule has 180 valence electrons. The van der Waals surface area contributed by atoms with Crippen LogP contribution < -0.4 is 5.32 Å². The second kappa shape index (κ2) is 10.3. The summed E-state index contributed by atoms with van der Waals surface area (Å²) in [7, 11) is 0. The lowest BCUT2D eigenvalue weighted by atomic mass is 9.98. The SMILES string of the molecule is CC(CCCC(=O)N1CC(C)C(C(=O)O)C1)NC(=O)OCC1c2ccccc2-c2ccccc21. The summed E-state index contributed by atoms with van der Waals surface area (Å²) in [6.07, 6.45) is 1.14. The van der Waals surface area contributed by atoms with Crippen LogP contribution in [0.4, 0.5) is 4.79 Å². The van der Waals surface area contributed by atoms with Gasteiger partial charge in [0.15, 0.2) is 0 Å².